The lowest BCUT2D eigenvalue weighted by molar-refractivity contribution is -0.112. The maximum Gasteiger partial charge on any atom is 0.142 e. The zero-order valence-corrected chi connectivity index (χ0v) is 9.95. The Hall–Kier alpha value is -1.07. The first-order valence-corrected chi connectivity index (χ1v) is 8.34. The summed E-state index contributed by atoms with van der Waals surface area (Å²) in [5.41, 5.74) is -0.485. The molecule has 0 fully saturated rings. The fraction of sp³-hybridized carbons (Fsp3) is 0.417. The van der Waals surface area contributed by atoms with Crippen LogP contribution in [0, 0.1) is 17.8 Å². The van der Waals surface area contributed by atoms with E-state index >= 15 is 0 Å². The molecule has 74 valence electrons. The molecular weight excluding hydrogens is 188 g/mol. The summed E-state index contributed by atoms with van der Waals surface area (Å²) in [6.07, 6.45) is 14.2. The van der Waals surface area contributed by atoms with Gasteiger partial charge in [-0.15, -0.1) is 6.42 Å². The SMILES string of the molecule is C#CC1(C=O)C=CC=CC1[Si](C)(C)C. The highest BCUT2D eigenvalue weighted by molar-refractivity contribution is 6.78. The smallest absolute Gasteiger partial charge is 0.142 e. The van der Waals surface area contributed by atoms with Crippen molar-refractivity contribution in [1.82, 2.24) is 0 Å². The number of allylic oxidation sites excluding steroid dienone is 4. The van der Waals surface area contributed by atoms with Crippen LogP contribution < -0.4 is 0 Å². The Morgan fingerprint density at radius 2 is 2.07 bits per heavy atom. The molecule has 1 aliphatic rings. The van der Waals surface area contributed by atoms with E-state index < -0.39 is 13.5 Å². The molecule has 0 heterocycles. The van der Waals surface area contributed by atoms with Gasteiger partial charge in [-0.3, -0.25) is 0 Å². The predicted molar refractivity (Wildman–Crippen MR) is 62.7 cm³/mol. The van der Waals surface area contributed by atoms with Crippen molar-refractivity contribution >= 4 is 14.4 Å². The second-order valence-electron chi connectivity index (χ2n) is 4.78. The molecule has 0 amide bonds. The first kappa shape index (κ1) is 11.0. The Kier molecular flexibility index (Phi) is 2.82. The minimum atomic E-state index is -1.45. The number of carbonyl (C=O) groups excluding carboxylic acids is 1. The van der Waals surface area contributed by atoms with Gasteiger partial charge < -0.3 is 4.79 Å². The summed E-state index contributed by atoms with van der Waals surface area (Å²) in [5.74, 6) is 2.65. The zero-order chi connectivity index (χ0) is 10.8. The van der Waals surface area contributed by atoms with E-state index in [1.807, 2.05) is 18.2 Å². The molecule has 0 aromatic carbocycles. The van der Waals surface area contributed by atoms with E-state index in [4.69, 9.17) is 6.42 Å². The fourth-order valence-electron chi connectivity index (χ4n) is 1.94. The van der Waals surface area contributed by atoms with Gasteiger partial charge >= 0.3 is 0 Å². The summed E-state index contributed by atoms with van der Waals surface area (Å²) in [4.78, 5) is 11.2. The van der Waals surface area contributed by atoms with Crippen LogP contribution in [0.1, 0.15) is 0 Å². The van der Waals surface area contributed by atoms with Crippen molar-refractivity contribution in [3.8, 4) is 12.3 Å². The number of aldehydes is 1. The monoisotopic (exact) mass is 204 g/mol. The summed E-state index contributed by atoms with van der Waals surface area (Å²) in [7, 11) is -1.45. The summed E-state index contributed by atoms with van der Waals surface area (Å²) < 4.78 is 0. The van der Waals surface area contributed by atoms with Crippen molar-refractivity contribution in [2.45, 2.75) is 25.2 Å². The second-order valence-corrected chi connectivity index (χ2v) is 10.1. The third-order valence-electron chi connectivity index (χ3n) is 2.68. The maximum absolute atomic E-state index is 11.2. The first-order chi connectivity index (χ1) is 6.46. The maximum atomic E-state index is 11.2. The van der Waals surface area contributed by atoms with Gasteiger partial charge in [0.2, 0.25) is 0 Å². The first-order valence-electron chi connectivity index (χ1n) is 4.76. The largest absolute Gasteiger partial charge is 0.301 e. The predicted octanol–water partition coefficient (Wildman–Crippen LogP) is 2.64. The van der Waals surface area contributed by atoms with Crippen molar-refractivity contribution in [3.63, 3.8) is 0 Å². The number of rotatable bonds is 2. The summed E-state index contributed by atoms with van der Waals surface area (Å²) >= 11 is 0. The zero-order valence-electron chi connectivity index (χ0n) is 8.95. The van der Waals surface area contributed by atoms with Gasteiger partial charge in [0.25, 0.3) is 0 Å². The van der Waals surface area contributed by atoms with Crippen LogP contribution in [-0.2, 0) is 4.79 Å². The molecule has 1 nitrogen and oxygen atoms in total. The molecule has 0 aromatic rings. The minimum Gasteiger partial charge on any atom is -0.301 e. The average Bonchev–Trinajstić information content (AvgIpc) is 2.16. The molecule has 2 unspecified atom stereocenters. The Bertz CT molecular complexity index is 327. The van der Waals surface area contributed by atoms with Gasteiger partial charge in [0.15, 0.2) is 0 Å². The number of hydrogen-bond donors (Lipinski definition) is 0. The van der Waals surface area contributed by atoms with Gasteiger partial charge in [-0.25, -0.2) is 0 Å². The van der Waals surface area contributed by atoms with Crippen LogP contribution in [0.4, 0.5) is 0 Å². The highest BCUT2D eigenvalue weighted by Crippen LogP contribution is 2.42. The lowest BCUT2D eigenvalue weighted by atomic mass is 9.83. The lowest BCUT2D eigenvalue weighted by Gasteiger charge is -2.37. The summed E-state index contributed by atoms with van der Waals surface area (Å²) in [5, 5.41) is 0. The third kappa shape index (κ3) is 1.73. The summed E-state index contributed by atoms with van der Waals surface area (Å²) in [6, 6.07) is 0. The van der Waals surface area contributed by atoms with E-state index in [-0.39, 0.29) is 5.54 Å². The van der Waals surface area contributed by atoms with E-state index in [1.165, 1.54) is 0 Å². The van der Waals surface area contributed by atoms with Crippen LogP contribution in [0.15, 0.2) is 24.3 Å². The summed E-state index contributed by atoms with van der Waals surface area (Å²) in [6.45, 7) is 6.70. The molecule has 2 heteroatoms. The average molecular weight is 204 g/mol. The lowest BCUT2D eigenvalue weighted by Crippen LogP contribution is -2.40. The molecule has 0 aromatic heterocycles. The van der Waals surface area contributed by atoms with Gasteiger partial charge in [0, 0.05) is 0 Å². The molecule has 0 aliphatic heterocycles. The highest BCUT2D eigenvalue weighted by atomic mass is 28.3. The number of carbonyl (C=O) groups is 1. The van der Waals surface area contributed by atoms with Crippen molar-refractivity contribution in [2.24, 2.45) is 5.41 Å². The quantitative estimate of drug-likeness (QED) is 0.384. The normalized spacial score (nSPS) is 31.1. The van der Waals surface area contributed by atoms with Gasteiger partial charge in [-0.05, 0) is 5.54 Å². The molecule has 0 bridgehead atoms. The van der Waals surface area contributed by atoms with E-state index in [0.29, 0.717) is 0 Å². The topological polar surface area (TPSA) is 17.1 Å². The fourth-order valence-corrected chi connectivity index (χ4v) is 4.31. The molecule has 1 aliphatic carbocycles. The molecule has 0 spiro atoms. The molecule has 14 heavy (non-hydrogen) atoms. The van der Waals surface area contributed by atoms with Crippen molar-refractivity contribution in [3.05, 3.63) is 24.3 Å². The van der Waals surface area contributed by atoms with E-state index in [2.05, 4.69) is 31.6 Å². The van der Waals surface area contributed by atoms with Crippen molar-refractivity contribution in [1.29, 1.82) is 0 Å². The molecular formula is C12H16OSi. The molecule has 0 saturated carbocycles. The number of hydrogen-bond acceptors (Lipinski definition) is 1. The van der Waals surface area contributed by atoms with Gasteiger partial charge in [0.1, 0.15) is 11.7 Å². The molecule has 0 N–H and O–H groups in total. The van der Waals surface area contributed by atoms with Crippen molar-refractivity contribution < 1.29 is 4.79 Å². The van der Waals surface area contributed by atoms with Gasteiger partial charge in [0.05, 0.1) is 8.07 Å². The van der Waals surface area contributed by atoms with Crippen LogP contribution in [0.25, 0.3) is 0 Å². The number of terminal acetylenes is 1. The Labute approximate surface area is 86.9 Å². The van der Waals surface area contributed by atoms with Crippen LogP contribution >= 0.6 is 0 Å². The van der Waals surface area contributed by atoms with Gasteiger partial charge in [-0.2, -0.15) is 0 Å². The van der Waals surface area contributed by atoms with E-state index in [1.54, 1.807) is 0 Å². The highest BCUT2D eigenvalue weighted by Gasteiger charge is 2.42. The molecule has 0 radical (unpaired) electrons. The molecule has 0 saturated heterocycles. The van der Waals surface area contributed by atoms with E-state index in [9.17, 15) is 4.79 Å². The Morgan fingerprint density at radius 3 is 2.43 bits per heavy atom. The molecule has 1 rings (SSSR count). The van der Waals surface area contributed by atoms with Crippen molar-refractivity contribution in [2.75, 3.05) is 0 Å². The van der Waals surface area contributed by atoms with E-state index in [0.717, 1.165) is 6.29 Å². The van der Waals surface area contributed by atoms with Crippen LogP contribution in [0.2, 0.25) is 25.2 Å². The van der Waals surface area contributed by atoms with Gasteiger partial charge in [-0.1, -0.05) is 49.9 Å². The Morgan fingerprint density at radius 1 is 1.43 bits per heavy atom. The molecule has 2 atom stereocenters. The standard InChI is InChI=1S/C12H16OSi/c1-5-12(10-13)9-7-6-8-11(12)14(2,3)4/h1,6-11H,2-4H3. The Balaban J connectivity index is 3.17. The van der Waals surface area contributed by atoms with Crippen LogP contribution in [0.3, 0.4) is 0 Å². The minimum absolute atomic E-state index is 0.211. The van der Waals surface area contributed by atoms with Crippen LogP contribution in [-0.4, -0.2) is 14.4 Å². The third-order valence-corrected chi connectivity index (χ3v) is 5.22. The van der Waals surface area contributed by atoms with Crippen LogP contribution in [0.5, 0.6) is 0 Å². The second kappa shape index (κ2) is 3.59.